The molecule has 0 atom stereocenters. The SMILES string of the molecule is O=C(Cc1ccc2c(c1)CCC(=O)N2)NCCc1cccs1. The lowest BCUT2D eigenvalue weighted by atomic mass is 9.99. The normalized spacial score (nSPS) is 13.4. The molecule has 4 nitrogen and oxygen atoms in total. The Morgan fingerprint density at radius 1 is 1.27 bits per heavy atom. The van der Waals surface area contributed by atoms with Crippen molar-refractivity contribution in [1.29, 1.82) is 0 Å². The molecule has 3 rings (SSSR count). The summed E-state index contributed by atoms with van der Waals surface area (Å²) in [4.78, 5) is 24.6. The molecule has 1 aromatic heterocycles. The molecule has 2 amide bonds. The molecule has 0 bridgehead atoms. The van der Waals surface area contributed by atoms with Crippen molar-refractivity contribution in [2.24, 2.45) is 0 Å². The molecule has 0 aliphatic carbocycles. The average molecular weight is 314 g/mol. The van der Waals surface area contributed by atoms with Crippen molar-refractivity contribution in [3.05, 3.63) is 51.7 Å². The number of nitrogens with one attached hydrogen (secondary N) is 2. The number of carbonyl (C=O) groups is 2. The van der Waals surface area contributed by atoms with Gasteiger partial charge in [0.1, 0.15) is 0 Å². The number of amides is 2. The van der Waals surface area contributed by atoms with E-state index in [4.69, 9.17) is 0 Å². The van der Waals surface area contributed by atoms with Crippen molar-refractivity contribution in [2.75, 3.05) is 11.9 Å². The van der Waals surface area contributed by atoms with Gasteiger partial charge in [0.05, 0.1) is 6.42 Å². The maximum atomic E-state index is 12.0. The van der Waals surface area contributed by atoms with Crippen molar-refractivity contribution in [3.8, 4) is 0 Å². The summed E-state index contributed by atoms with van der Waals surface area (Å²) < 4.78 is 0. The predicted octanol–water partition coefficient (Wildman–Crippen LogP) is 2.53. The van der Waals surface area contributed by atoms with E-state index in [1.54, 1.807) is 11.3 Å². The van der Waals surface area contributed by atoms with Gasteiger partial charge in [-0.2, -0.15) is 0 Å². The van der Waals surface area contributed by atoms with E-state index < -0.39 is 0 Å². The van der Waals surface area contributed by atoms with Gasteiger partial charge >= 0.3 is 0 Å². The summed E-state index contributed by atoms with van der Waals surface area (Å²) >= 11 is 1.71. The molecule has 0 saturated carbocycles. The Morgan fingerprint density at radius 3 is 3.00 bits per heavy atom. The number of anilines is 1. The Morgan fingerprint density at radius 2 is 2.18 bits per heavy atom. The Hall–Kier alpha value is -2.14. The van der Waals surface area contributed by atoms with Crippen LogP contribution in [0.3, 0.4) is 0 Å². The van der Waals surface area contributed by atoms with Crippen LogP contribution in [0.25, 0.3) is 0 Å². The summed E-state index contributed by atoms with van der Waals surface area (Å²) in [5.41, 5.74) is 2.98. The number of aryl methyl sites for hydroxylation is 1. The number of rotatable bonds is 5. The van der Waals surface area contributed by atoms with E-state index >= 15 is 0 Å². The van der Waals surface area contributed by atoms with E-state index in [-0.39, 0.29) is 11.8 Å². The van der Waals surface area contributed by atoms with Crippen LogP contribution in [0, 0.1) is 0 Å². The van der Waals surface area contributed by atoms with E-state index in [0.29, 0.717) is 19.4 Å². The Bertz CT molecular complexity index is 680. The number of carbonyl (C=O) groups excluding carboxylic acids is 2. The van der Waals surface area contributed by atoms with Crippen LogP contribution in [0.2, 0.25) is 0 Å². The highest BCUT2D eigenvalue weighted by Crippen LogP contribution is 2.23. The molecule has 22 heavy (non-hydrogen) atoms. The maximum Gasteiger partial charge on any atom is 0.224 e. The van der Waals surface area contributed by atoms with Crippen molar-refractivity contribution in [2.45, 2.75) is 25.7 Å². The first-order chi connectivity index (χ1) is 10.7. The quantitative estimate of drug-likeness (QED) is 0.891. The summed E-state index contributed by atoms with van der Waals surface area (Å²) in [6.07, 6.45) is 2.52. The topological polar surface area (TPSA) is 58.2 Å². The van der Waals surface area contributed by atoms with Crippen molar-refractivity contribution < 1.29 is 9.59 Å². The van der Waals surface area contributed by atoms with Crippen molar-refractivity contribution >= 4 is 28.8 Å². The van der Waals surface area contributed by atoms with Crippen LogP contribution in [0.4, 0.5) is 5.69 Å². The highest BCUT2D eigenvalue weighted by molar-refractivity contribution is 7.09. The van der Waals surface area contributed by atoms with Gasteiger partial charge in [0, 0.05) is 23.5 Å². The lowest BCUT2D eigenvalue weighted by Gasteiger charge is -2.17. The van der Waals surface area contributed by atoms with Gasteiger partial charge in [-0.05, 0) is 41.5 Å². The molecular formula is C17H18N2O2S. The summed E-state index contributed by atoms with van der Waals surface area (Å²) in [5, 5.41) is 7.85. The smallest absolute Gasteiger partial charge is 0.224 e. The van der Waals surface area contributed by atoms with Gasteiger partial charge in [0.25, 0.3) is 0 Å². The molecule has 2 aromatic rings. The van der Waals surface area contributed by atoms with E-state index in [9.17, 15) is 9.59 Å². The Kier molecular flexibility index (Phi) is 4.53. The number of fused-ring (bicyclic) bond motifs is 1. The first-order valence-corrected chi connectivity index (χ1v) is 8.29. The minimum atomic E-state index is 0.0383. The van der Waals surface area contributed by atoms with E-state index in [1.807, 2.05) is 29.6 Å². The van der Waals surface area contributed by atoms with E-state index in [1.165, 1.54) is 4.88 Å². The summed E-state index contributed by atoms with van der Waals surface area (Å²) in [5.74, 6) is 0.0999. The molecular weight excluding hydrogens is 296 g/mol. The number of hydrogen-bond acceptors (Lipinski definition) is 3. The van der Waals surface area contributed by atoms with Crippen LogP contribution in [-0.2, 0) is 28.9 Å². The highest BCUT2D eigenvalue weighted by Gasteiger charge is 2.15. The summed E-state index contributed by atoms with van der Waals surface area (Å²) in [7, 11) is 0. The van der Waals surface area contributed by atoms with Gasteiger partial charge in [0.2, 0.25) is 11.8 Å². The highest BCUT2D eigenvalue weighted by atomic mass is 32.1. The van der Waals surface area contributed by atoms with Gasteiger partial charge in [-0.3, -0.25) is 9.59 Å². The lowest BCUT2D eigenvalue weighted by molar-refractivity contribution is -0.120. The minimum Gasteiger partial charge on any atom is -0.355 e. The molecule has 114 valence electrons. The van der Waals surface area contributed by atoms with E-state index in [0.717, 1.165) is 29.7 Å². The summed E-state index contributed by atoms with van der Waals surface area (Å²) in [6.45, 7) is 0.667. The van der Waals surface area contributed by atoms with Crippen LogP contribution in [0.1, 0.15) is 22.4 Å². The van der Waals surface area contributed by atoms with Crippen LogP contribution >= 0.6 is 11.3 Å². The molecule has 5 heteroatoms. The number of thiophene rings is 1. The Labute approximate surface area is 133 Å². The molecule has 0 spiro atoms. The third-order valence-electron chi connectivity index (χ3n) is 3.70. The average Bonchev–Trinajstić information content (AvgIpc) is 3.01. The molecule has 2 N–H and O–H groups in total. The fraction of sp³-hybridized carbons (Fsp3) is 0.294. The third kappa shape index (κ3) is 3.74. The van der Waals surface area contributed by atoms with Crippen LogP contribution in [0.5, 0.6) is 0 Å². The third-order valence-corrected chi connectivity index (χ3v) is 4.64. The molecule has 2 heterocycles. The first kappa shape index (κ1) is 14.8. The van der Waals surface area contributed by atoms with Crippen molar-refractivity contribution in [3.63, 3.8) is 0 Å². The van der Waals surface area contributed by atoms with Gasteiger partial charge in [-0.1, -0.05) is 18.2 Å². The largest absolute Gasteiger partial charge is 0.355 e. The van der Waals surface area contributed by atoms with Gasteiger partial charge in [0.15, 0.2) is 0 Å². The standard InChI is InChI=1S/C17H18N2O2S/c20-16-6-4-13-10-12(3-5-15(13)19-16)11-17(21)18-8-7-14-2-1-9-22-14/h1-3,5,9-10H,4,6-8,11H2,(H,18,21)(H,19,20). The number of benzene rings is 1. The monoisotopic (exact) mass is 314 g/mol. The second kappa shape index (κ2) is 6.75. The lowest BCUT2D eigenvalue weighted by Crippen LogP contribution is -2.27. The second-order valence-electron chi connectivity index (χ2n) is 5.40. The maximum absolute atomic E-state index is 12.0. The fourth-order valence-electron chi connectivity index (χ4n) is 2.57. The molecule has 1 aliphatic rings. The van der Waals surface area contributed by atoms with Crippen LogP contribution in [0.15, 0.2) is 35.7 Å². The molecule has 0 unspecified atom stereocenters. The predicted molar refractivity (Wildman–Crippen MR) is 88.1 cm³/mol. The number of hydrogen-bond donors (Lipinski definition) is 2. The zero-order valence-corrected chi connectivity index (χ0v) is 13.0. The molecule has 0 radical (unpaired) electrons. The van der Waals surface area contributed by atoms with Gasteiger partial charge in [-0.25, -0.2) is 0 Å². The second-order valence-corrected chi connectivity index (χ2v) is 6.43. The minimum absolute atomic E-state index is 0.0383. The molecule has 0 saturated heterocycles. The molecule has 0 fully saturated rings. The fourth-order valence-corrected chi connectivity index (χ4v) is 3.28. The zero-order valence-electron chi connectivity index (χ0n) is 12.2. The van der Waals surface area contributed by atoms with Gasteiger partial charge in [-0.15, -0.1) is 11.3 Å². The molecule has 1 aromatic carbocycles. The van der Waals surface area contributed by atoms with Gasteiger partial charge < -0.3 is 10.6 Å². The zero-order chi connectivity index (χ0) is 15.4. The van der Waals surface area contributed by atoms with Crippen molar-refractivity contribution in [1.82, 2.24) is 5.32 Å². The van der Waals surface area contributed by atoms with E-state index in [2.05, 4.69) is 16.7 Å². The molecule has 1 aliphatic heterocycles. The summed E-state index contributed by atoms with van der Waals surface area (Å²) in [6, 6.07) is 9.92. The Balaban J connectivity index is 1.52. The van der Waals surface area contributed by atoms with Crippen LogP contribution in [-0.4, -0.2) is 18.4 Å². The van der Waals surface area contributed by atoms with Crippen LogP contribution < -0.4 is 10.6 Å². The first-order valence-electron chi connectivity index (χ1n) is 7.41.